The monoisotopic (exact) mass is 280 g/mol. The molecular weight excluding hydrogens is 264 g/mol. The van der Waals surface area contributed by atoms with E-state index in [0.29, 0.717) is 12.3 Å². The molecule has 0 aliphatic heterocycles. The van der Waals surface area contributed by atoms with Gasteiger partial charge in [0.1, 0.15) is 0 Å². The van der Waals surface area contributed by atoms with E-state index in [4.69, 9.17) is 4.74 Å². The van der Waals surface area contributed by atoms with E-state index in [1.54, 1.807) is 17.0 Å². The van der Waals surface area contributed by atoms with Crippen LogP contribution < -0.4 is 10.3 Å². The molecule has 106 valence electrons. The molecule has 4 heteroatoms. The summed E-state index contributed by atoms with van der Waals surface area (Å²) in [5.74, 6) is 0.364. The third-order valence-corrected chi connectivity index (χ3v) is 3.61. The van der Waals surface area contributed by atoms with Crippen LogP contribution in [-0.2, 0) is 6.54 Å². The lowest BCUT2D eigenvalue weighted by molar-refractivity contribution is 0.406. The minimum atomic E-state index is -0.113. The van der Waals surface area contributed by atoms with Gasteiger partial charge in [0.2, 0.25) is 0 Å². The van der Waals surface area contributed by atoms with Gasteiger partial charge in [-0.2, -0.15) is 0 Å². The summed E-state index contributed by atoms with van der Waals surface area (Å²) in [5.41, 5.74) is 2.51. The van der Waals surface area contributed by atoms with Crippen molar-refractivity contribution in [1.82, 2.24) is 9.55 Å². The fourth-order valence-corrected chi connectivity index (χ4v) is 2.67. The summed E-state index contributed by atoms with van der Waals surface area (Å²) in [6, 6.07) is 11.7. The Bertz CT molecular complexity index is 839. The van der Waals surface area contributed by atoms with E-state index in [2.05, 4.69) is 4.98 Å². The molecule has 3 rings (SSSR count). The molecule has 2 heterocycles. The molecule has 0 N–H and O–H groups in total. The van der Waals surface area contributed by atoms with Crippen LogP contribution >= 0.6 is 0 Å². The molecule has 0 saturated heterocycles. The fourth-order valence-electron chi connectivity index (χ4n) is 2.67. The minimum Gasteiger partial charge on any atom is -0.491 e. The van der Waals surface area contributed by atoms with Crippen LogP contribution in [0.4, 0.5) is 0 Å². The smallest absolute Gasteiger partial charge is 0.294 e. The van der Waals surface area contributed by atoms with Crippen LogP contribution in [0, 0.1) is 0 Å². The lowest BCUT2D eigenvalue weighted by Gasteiger charge is -2.15. The summed E-state index contributed by atoms with van der Waals surface area (Å²) < 4.78 is 7.13. The predicted molar refractivity (Wildman–Crippen MR) is 83.7 cm³/mol. The first-order valence-electron chi connectivity index (χ1n) is 6.87. The van der Waals surface area contributed by atoms with E-state index in [1.165, 1.54) is 7.11 Å². The standard InChI is InChI=1S/C17H16N2O2/c1-3-19-14-9-10-18-11-13(14)15(16(21-2)17(19)20)12-7-5-4-6-8-12/h4-11H,3H2,1-2H3. The molecule has 1 aromatic carbocycles. The van der Waals surface area contributed by atoms with E-state index < -0.39 is 0 Å². The first kappa shape index (κ1) is 13.4. The van der Waals surface area contributed by atoms with Crippen LogP contribution in [0.3, 0.4) is 0 Å². The summed E-state index contributed by atoms with van der Waals surface area (Å²) in [6.07, 6.45) is 3.49. The zero-order valence-electron chi connectivity index (χ0n) is 12.0. The molecule has 2 aromatic heterocycles. The van der Waals surface area contributed by atoms with Crippen molar-refractivity contribution in [3.8, 4) is 16.9 Å². The van der Waals surface area contributed by atoms with E-state index in [9.17, 15) is 4.79 Å². The van der Waals surface area contributed by atoms with Crippen molar-refractivity contribution in [3.63, 3.8) is 0 Å². The van der Waals surface area contributed by atoms with Gasteiger partial charge < -0.3 is 9.30 Å². The maximum Gasteiger partial charge on any atom is 0.294 e. The van der Waals surface area contributed by atoms with Crippen LogP contribution in [0.2, 0.25) is 0 Å². The third kappa shape index (κ3) is 2.09. The number of methoxy groups -OCH3 is 1. The van der Waals surface area contributed by atoms with Crippen molar-refractivity contribution >= 4 is 10.9 Å². The average Bonchev–Trinajstić information content (AvgIpc) is 2.54. The third-order valence-electron chi connectivity index (χ3n) is 3.61. The molecule has 0 saturated carbocycles. The molecule has 0 aliphatic carbocycles. The van der Waals surface area contributed by atoms with Gasteiger partial charge in [-0.1, -0.05) is 30.3 Å². The highest BCUT2D eigenvalue weighted by molar-refractivity contribution is 5.97. The lowest BCUT2D eigenvalue weighted by Crippen LogP contribution is -2.22. The molecule has 0 fully saturated rings. The Hall–Kier alpha value is -2.62. The molecule has 0 aliphatic rings. The van der Waals surface area contributed by atoms with E-state index in [0.717, 1.165) is 22.0 Å². The van der Waals surface area contributed by atoms with Gasteiger partial charge in [-0.3, -0.25) is 9.78 Å². The number of hydrogen-bond donors (Lipinski definition) is 0. The van der Waals surface area contributed by atoms with Crippen molar-refractivity contribution < 1.29 is 4.74 Å². The number of ether oxygens (including phenoxy) is 1. The van der Waals surface area contributed by atoms with Crippen molar-refractivity contribution in [2.24, 2.45) is 0 Å². The molecule has 4 nitrogen and oxygen atoms in total. The normalized spacial score (nSPS) is 10.8. The zero-order valence-corrected chi connectivity index (χ0v) is 12.0. The molecule has 0 unspecified atom stereocenters. The maximum absolute atomic E-state index is 12.7. The van der Waals surface area contributed by atoms with Gasteiger partial charge in [-0.05, 0) is 18.6 Å². The maximum atomic E-state index is 12.7. The summed E-state index contributed by atoms with van der Waals surface area (Å²) >= 11 is 0. The van der Waals surface area contributed by atoms with Crippen molar-refractivity contribution in [2.45, 2.75) is 13.5 Å². The first-order valence-corrected chi connectivity index (χ1v) is 6.87. The van der Waals surface area contributed by atoms with Crippen molar-refractivity contribution in [1.29, 1.82) is 0 Å². The minimum absolute atomic E-state index is 0.113. The number of pyridine rings is 2. The summed E-state index contributed by atoms with van der Waals surface area (Å²) in [7, 11) is 1.53. The van der Waals surface area contributed by atoms with E-state index >= 15 is 0 Å². The number of hydrogen-bond acceptors (Lipinski definition) is 3. The Morgan fingerprint density at radius 2 is 1.95 bits per heavy atom. The molecule has 0 bridgehead atoms. The van der Waals surface area contributed by atoms with Gasteiger partial charge in [-0.25, -0.2) is 0 Å². The highest BCUT2D eigenvalue weighted by atomic mass is 16.5. The lowest BCUT2D eigenvalue weighted by atomic mass is 10.0. The largest absolute Gasteiger partial charge is 0.491 e. The van der Waals surface area contributed by atoms with E-state index in [-0.39, 0.29) is 5.56 Å². The molecule has 0 radical (unpaired) electrons. The zero-order chi connectivity index (χ0) is 14.8. The molecule has 0 amide bonds. The topological polar surface area (TPSA) is 44.1 Å². The summed E-state index contributed by atoms with van der Waals surface area (Å²) in [5, 5.41) is 0.919. The van der Waals surface area contributed by atoms with Crippen LogP contribution in [0.25, 0.3) is 22.0 Å². The van der Waals surface area contributed by atoms with Crippen LogP contribution in [0.15, 0.2) is 53.6 Å². The number of rotatable bonds is 3. The fraction of sp³-hybridized carbons (Fsp3) is 0.176. The number of aromatic nitrogens is 2. The second-order valence-electron chi connectivity index (χ2n) is 4.72. The van der Waals surface area contributed by atoms with E-state index in [1.807, 2.05) is 43.3 Å². The SMILES string of the molecule is CCn1c(=O)c(OC)c(-c2ccccc2)c2cnccc21. The Kier molecular flexibility index (Phi) is 3.44. The average molecular weight is 280 g/mol. The second kappa shape index (κ2) is 5.40. The van der Waals surface area contributed by atoms with Crippen LogP contribution in [0.1, 0.15) is 6.92 Å². The first-order chi connectivity index (χ1) is 10.3. The second-order valence-corrected chi connectivity index (χ2v) is 4.72. The highest BCUT2D eigenvalue weighted by Crippen LogP contribution is 2.33. The number of benzene rings is 1. The van der Waals surface area contributed by atoms with Gasteiger partial charge in [0.05, 0.1) is 12.6 Å². The number of nitrogens with zero attached hydrogens (tertiary/aromatic N) is 2. The quantitative estimate of drug-likeness (QED) is 0.740. The van der Waals surface area contributed by atoms with Gasteiger partial charge >= 0.3 is 0 Å². The van der Waals surface area contributed by atoms with Gasteiger partial charge in [-0.15, -0.1) is 0 Å². The Morgan fingerprint density at radius 1 is 1.19 bits per heavy atom. The van der Waals surface area contributed by atoms with Crippen molar-refractivity contribution in [3.05, 3.63) is 59.1 Å². The summed E-state index contributed by atoms with van der Waals surface area (Å²) in [4.78, 5) is 16.9. The molecular formula is C17H16N2O2. The predicted octanol–water partition coefficient (Wildman–Crippen LogP) is 3.09. The van der Waals surface area contributed by atoms with Crippen molar-refractivity contribution in [2.75, 3.05) is 7.11 Å². The molecule has 21 heavy (non-hydrogen) atoms. The number of aryl methyl sites for hydroxylation is 1. The Labute approximate surface area is 122 Å². The van der Waals surface area contributed by atoms with Crippen LogP contribution in [-0.4, -0.2) is 16.7 Å². The molecule has 0 atom stereocenters. The summed E-state index contributed by atoms with van der Waals surface area (Å²) in [6.45, 7) is 2.54. The highest BCUT2D eigenvalue weighted by Gasteiger charge is 2.18. The molecule has 0 spiro atoms. The van der Waals surface area contributed by atoms with Gasteiger partial charge in [0, 0.05) is 29.9 Å². The number of fused-ring (bicyclic) bond motifs is 1. The Morgan fingerprint density at radius 3 is 2.62 bits per heavy atom. The Balaban J connectivity index is 2.51. The molecule has 3 aromatic rings. The van der Waals surface area contributed by atoms with Crippen LogP contribution in [0.5, 0.6) is 5.75 Å². The van der Waals surface area contributed by atoms with Gasteiger partial charge in [0.25, 0.3) is 5.56 Å². The van der Waals surface area contributed by atoms with Gasteiger partial charge in [0.15, 0.2) is 5.75 Å².